The number of furan rings is 1. The van der Waals surface area contributed by atoms with Gasteiger partial charge in [-0.2, -0.15) is 0 Å². The number of benzene rings is 1. The molecule has 0 radical (unpaired) electrons. The van der Waals surface area contributed by atoms with Crippen molar-refractivity contribution in [3.8, 4) is 11.3 Å². The minimum absolute atomic E-state index is 0.0238. The summed E-state index contributed by atoms with van der Waals surface area (Å²) < 4.78 is 19.4. The van der Waals surface area contributed by atoms with E-state index in [0.717, 1.165) is 0 Å². The summed E-state index contributed by atoms with van der Waals surface area (Å²) in [4.78, 5) is 14.2. The van der Waals surface area contributed by atoms with Crippen molar-refractivity contribution in [2.45, 2.75) is 0 Å². The molecule has 1 fully saturated rings. The van der Waals surface area contributed by atoms with Gasteiger partial charge in [-0.25, -0.2) is 4.39 Å². The van der Waals surface area contributed by atoms with Crippen LogP contribution in [0.4, 0.5) is 4.39 Å². The Bertz CT molecular complexity index is 875. The summed E-state index contributed by atoms with van der Waals surface area (Å²) in [5, 5.41) is 0.0238. The maximum Gasteiger partial charge on any atom is 0.266 e. The minimum Gasteiger partial charge on any atom is -0.457 e. The van der Waals surface area contributed by atoms with Gasteiger partial charge in [0, 0.05) is 18.2 Å². The number of amides is 1. The fraction of sp³-hybridized carbons (Fsp3) is 0.0588. The van der Waals surface area contributed by atoms with Gasteiger partial charge in [0.15, 0.2) is 0 Å². The van der Waals surface area contributed by atoms with Gasteiger partial charge in [0.25, 0.3) is 5.91 Å². The zero-order valence-corrected chi connectivity index (χ0v) is 14.7. The van der Waals surface area contributed by atoms with Crippen LogP contribution in [0, 0.1) is 5.82 Å². The summed E-state index contributed by atoms with van der Waals surface area (Å²) in [7, 11) is 0. The van der Waals surface area contributed by atoms with Gasteiger partial charge in [0.2, 0.25) is 0 Å². The maximum absolute atomic E-state index is 13.2. The van der Waals surface area contributed by atoms with Gasteiger partial charge in [-0.05, 0) is 30.3 Å². The highest BCUT2D eigenvalue weighted by Crippen LogP contribution is 2.33. The normalized spacial score (nSPS) is 16.2. The molecule has 0 saturated carbocycles. The molecule has 1 saturated heterocycles. The quantitative estimate of drug-likeness (QED) is 0.419. The van der Waals surface area contributed by atoms with E-state index in [1.54, 1.807) is 30.4 Å². The first-order valence-corrected chi connectivity index (χ1v) is 8.51. The Morgan fingerprint density at radius 1 is 1.38 bits per heavy atom. The van der Waals surface area contributed by atoms with Crippen LogP contribution in [0.25, 0.3) is 17.4 Å². The molecule has 3 rings (SSSR count). The third-order valence-electron chi connectivity index (χ3n) is 3.29. The first kappa shape index (κ1) is 17.0. The lowest BCUT2D eigenvalue weighted by atomic mass is 10.2. The van der Waals surface area contributed by atoms with Crippen LogP contribution in [0.1, 0.15) is 5.76 Å². The number of nitrogens with zero attached hydrogens (tertiary/aromatic N) is 1. The van der Waals surface area contributed by atoms with E-state index < -0.39 is 5.82 Å². The average Bonchev–Trinajstić information content (AvgIpc) is 3.11. The standard InChI is InChI=1S/C17H11ClFNO2S2/c1-2-7-20-16(21)15(24-17(20)23)9-11-4-6-14(22-11)10-3-5-13(19)12(18)8-10/h2-6,8-9H,1,7H2/b15-9-. The molecule has 3 nitrogen and oxygen atoms in total. The molecule has 1 amide bonds. The van der Waals surface area contributed by atoms with E-state index >= 15 is 0 Å². The first-order valence-electron chi connectivity index (χ1n) is 6.91. The number of carbonyl (C=O) groups is 1. The number of thioether (sulfide) groups is 1. The van der Waals surface area contributed by atoms with Crippen LogP contribution in [0.5, 0.6) is 0 Å². The summed E-state index contributed by atoms with van der Waals surface area (Å²) in [5.74, 6) is 0.375. The molecule has 24 heavy (non-hydrogen) atoms. The molecule has 7 heteroatoms. The molecule has 1 aromatic heterocycles. The van der Waals surface area contributed by atoms with Gasteiger partial charge in [-0.15, -0.1) is 6.58 Å². The second-order valence-electron chi connectivity index (χ2n) is 4.91. The van der Waals surface area contributed by atoms with E-state index in [2.05, 4.69) is 6.58 Å². The van der Waals surface area contributed by atoms with E-state index in [4.69, 9.17) is 28.2 Å². The third kappa shape index (κ3) is 3.31. The molecule has 2 heterocycles. The predicted octanol–water partition coefficient (Wildman–Crippen LogP) is 5.13. The Kier molecular flexibility index (Phi) is 4.89. The molecule has 1 aromatic carbocycles. The lowest BCUT2D eigenvalue weighted by molar-refractivity contribution is -0.121. The number of hydrogen-bond acceptors (Lipinski definition) is 4. The lowest BCUT2D eigenvalue weighted by Crippen LogP contribution is -2.27. The van der Waals surface area contributed by atoms with Gasteiger partial charge >= 0.3 is 0 Å². The second kappa shape index (κ2) is 6.93. The molecule has 122 valence electrons. The van der Waals surface area contributed by atoms with E-state index in [9.17, 15) is 9.18 Å². The second-order valence-corrected chi connectivity index (χ2v) is 6.99. The number of thiocarbonyl (C=S) groups is 1. The van der Waals surface area contributed by atoms with Crippen molar-refractivity contribution in [2.24, 2.45) is 0 Å². The van der Waals surface area contributed by atoms with Gasteiger partial charge in [-0.1, -0.05) is 41.7 Å². The lowest BCUT2D eigenvalue weighted by Gasteiger charge is -2.10. The van der Waals surface area contributed by atoms with Crippen molar-refractivity contribution in [3.63, 3.8) is 0 Å². The molecule has 0 spiro atoms. The van der Waals surface area contributed by atoms with E-state index in [1.807, 2.05) is 0 Å². The molecule has 0 aliphatic carbocycles. The molecule has 0 atom stereocenters. The van der Waals surface area contributed by atoms with Gasteiger partial charge in [-0.3, -0.25) is 9.69 Å². The molecule has 0 N–H and O–H groups in total. The van der Waals surface area contributed by atoms with Crippen molar-refractivity contribution in [3.05, 3.63) is 64.5 Å². The molecule has 0 unspecified atom stereocenters. The fourth-order valence-electron chi connectivity index (χ4n) is 2.15. The largest absolute Gasteiger partial charge is 0.457 e. The van der Waals surface area contributed by atoms with Crippen LogP contribution >= 0.6 is 35.6 Å². The van der Waals surface area contributed by atoms with Crippen LogP contribution in [0.3, 0.4) is 0 Å². The van der Waals surface area contributed by atoms with Crippen LogP contribution in [-0.4, -0.2) is 21.7 Å². The Balaban J connectivity index is 1.86. The molecule has 1 aliphatic rings. The van der Waals surface area contributed by atoms with Crippen LogP contribution in [-0.2, 0) is 4.79 Å². The Morgan fingerprint density at radius 3 is 2.88 bits per heavy atom. The Hall–Kier alpha value is -1.89. The first-order chi connectivity index (χ1) is 11.5. The summed E-state index contributed by atoms with van der Waals surface area (Å²) in [6.07, 6.45) is 3.26. The van der Waals surface area contributed by atoms with Crippen molar-refractivity contribution in [1.29, 1.82) is 0 Å². The summed E-state index contributed by atoms with van der Waals surface area (Å²) >= 11 is 12.2. The monoisotopic (exact) mass is 379 g/mol. The molecule has 1 aliphatic heterocycles. The number of rotatable bonds is 4. The Labute approximate surface area is 152 Å². The smallest absolute Gasteiger partial charge is 0.266 e. The molecular weight excluding hydrogens is 369 g/mol. The van der Waals surface area contributed by atoms with E-state index in [1.165, 1.54) is 28.8 Å². The zero-order valence-electron chi connectivity index (χ0n) is 12.3. The van der Waals surface area contributed by atoms with Crippen molar-refractivity contribution >= 4 is 51.9 Å². The van der Waals surface area contributed by atoms with E-state index in [0.29, 0.717) is 32.9 Å². The SMILES string of the molecule is C=CCN1C(=O)/C(=C/c2ccc(-c3ccc(F)c(Cl)c3)o2)SC1=S. The van der Waals surface area contributed by atoms with Crippen molar-refractivity contribution < 1.29 is 13.6 Å². The van der Waals surface area contributed by atoms with Crippen molar-refractivity contribution in [2.75, 3.05) is 6.54 Å². The van der Waals surface area contributed by atoms with Gasteiger partial charge in [0.05, 0.1) is 9.93 Å². The molecule has 0 bridgehead atoms. The molecule has 2 aromatic rings. The van der Waals surface area contributed by atoms with Crippen LogP contribution in [0.15, 0.2) is 52.3 Å². The topological polar surface area (TPSA) is 33.5 Å². The third-order valence-corrected chi connectivity index (χ3v) is 4.96. The number of hydrogen-bond donors (Lipinski definition) is 0. The summed E-state index contributed by atoms with van der Waals surface area (Å²) in [6, 6.07) is 7.81. The van der Waals surface area contributed by atoms with Gasteiger partial charge < -0.3 is 4.42 Å². The minimum atomic E-state index is -0.488. The number of halogens is 2. The van der Waals surface area contributed by atoms with Crippen LogP contribution < -0.4 is 0 Å². The van der Waals surface area contributed by atoms with Crippen molar-refractivity contribution in [1.82, 2.24) is 4.90 Å². The zero-order chi connectivity index (χ0) is 17.3. The fourth-order valence-corrected chi connectivity index (χ4v) is 3.59. The highest BCUT2D eigenvalue weighted by atomic mass is 35.5. The van der Waals surface area contributed by atoms with Crippen LogP contribution in [0.2, 0.25) is 5.02 Å². The Morgan fingerprint density at radius 2 is 2.17 bits per heavy atom. The highest BCUT2D eigenvalue weighted by molar-refractivity contribution is 8.26. The molecular formula is C17H11ClFNO2S2. The summed E-state index contributed by atoms with van der Waals surface area (Å²) in [5.41, 5.74) is 0.653. The maximum atomic E-state index is 13.2. The van der Waals surface area contributed by atoms with E-state index in [-0.39, 0.29) is 10.9 Å². The average molecular weight is 380 g/mol. The van der Waals surface area contributed by atoms with Gasteiger partial charge in [0.1, 0.15) is 21.7 Å². The number of carbonyl (C=O) groups excluding carboxylic acids is 1. The predicted molar refractivity (Wildman–Crippen MR) is 99.2 cm³/mol. The summed E-state index contributed by atoms with van der Waals surface area (Å²) in [6.45, 7) is 3.99. The highest BCUT2D eigenvalue weighted by Gasteiger charge is 2.31.